The molecule has 0 bridgehead atoms. The van der Waals surface area contributed by atoms with E-state index in [0.29, 0.717) is 46.1 Å². The van der Waals surface area contributed by atoms with Gasteiger partial charge >= 0.3 is 5.97 Å². The van der Waals surface area contributed by atoms with Gasteiger partial charge < -0.3 is 34.4 Å². The van der Waals surface area contributed by atoms with Gasteiger partial charge in [-0.3, -0.25) is 19.2 Å². The van der Waals surface area contributed by atoms with Gasteiger partial charge in [-0.15, -0.1) is 0 Å². The number of hydrogen-bond donors (Lipinski definition) is 3. The van der Waals surface area contributed by atoms with Gasteiger partial charge in [-0.2, -0.15) is 0 Å². The van der Waals surface area contributed by atoms with Crippen molar-refractivity contribution in [1.82, 2.24) is 24.0 Å². The highest BCUT2D eigenvalue weighted by atomic mass is 16.5. The van der Waals surface area contributed by atoms with Crippen molar-refractivity contribution in [3.05, 3.63) is 70.3 Å². The first kappa shape index (κ1) is 27.0. The molecule has 216 valence electrons. The Balaban J connectivity index is 1.19. The highest BCUT2D eigenvalue weighted by Crippen LogP contribution is 2.67. The second kappa shape index (κ2) is 9.43. The van der Waals surface area contributed by atoms with Crippen LogP contribution in [0.1, 0.15) is 61.8 Å². The third-order valence-electron chi connectivity index (χ3n) is 8.14. The van der Waals surface area contributed by atoms with Crippen molar-refractivity contribution in [3.8, 4) is 0 Å². The van der Waals surface area contributed by atoms with E-state index in [1.165, 1.54) is 36.9 Å². The summed E-state index contributed by atoms with van der Waals surface area (Å²) in [5, 5.41) is 5.33. The van der Waals surface area contributed by atoms with Crippen LogP contribution in [-0.4, -0.2) is 67.1 Å². The smallest absolute Gasteiger partial charge is 0.340 e. The minimum Gasteiger partial charge on any atom is -0.465 e. The monoisotopic (exact) mass is 571 g/mol. The topological polar surface area (TPSA) is 160 Å². The van der Waals surface area contributed by atoms with Gasteiger partial charge in [-0.1, -0.05) is 0 Å². The number of nitrogens with zero attached hydrogens (tertiary/aromatic N) is 4. The molecule has 1 spiro atoms. The molecule has 2 unspecified atom stereocenters. The number of carbonyl (C=O) groups is 5. The molecule has 2 aliphatic carbocycles. The number of anilines is 2. The number of methoxy groups -OCH3 is 1. The fraction of sp³-hybridized carbons (Fsp3) is 0.310. The summed E-state index contributed by atoms with van der Waals surface area (Å²) < 4.78 is 8.27. The van der Waals surface area contributed by atoms with E-state index in [4.69, 9.17) is 4.74 Å². The molecule has 42 heavy (non-hydrogen) atoms. The lowest BCUT2D eigenvalue weighted by Gasteiger charge is -2.27. The number of piperidine rings is 1. The lowest BCUT2D eigenvalue weighted by atomic mass is 9.82. The number of aromatic amines is 1. The fourth-order valence-electron chi connectivity index (χ4n) is 6.25. The van der Waals surface area contributed by atoms with E-state index in [-0.39, 0.29) is 35.2 Å². The second-order valence-corrected chi connectivity index (χ2v) is 10.9. The summed E-state index contributed by atoms with van der Waals surface area (Å²) in [7, 11) is 4.73. The minimum absolute atomic E-state index is 0.0979. The highest BCUT2D eigenvalue weighted by Gasteiger charge is 2.68. The summed E-state index contributed by atoms with van der Waals surface area (Å²) >= 11 is 0. The number of hydrogen-bond acceptors (Lipinski definition) is 7. The molecule has 13 nitrogen and oxygen atoms in total. The highest BCUT2D eigenvalue weighted by molar-refractivity contribution is 6.11. The number of esters is 1. The first-order valence-electron chi connectivity index (χ1n) is 13.3. The molecule has 13 heteroatoms. The van der Waals surface area contributed by atoms with E-state index in [1.54, 1.807) is 48.8 Å². The van der Waals surface area contributed by atoms with Gasteiger partial charge in [0.2, 0.25) is 17.5 Å². The molecule has 2 fully saturated rings. The van der Waals surface area contributed by atoms with Crippen LogP contribution in [0.3, 0.4) is 0 Å². The van der Waals surface area contributed by atoms with Crippen molar-refractivity contribution in [2.45, 2.75) is 25.7 Å². The molecule has 1 saturated carbocycles. The molecule has 6 rings (SSSR count). The van der Waals surface area contributed by atoms with Gasteiger partial charge in [0.1, 0.15) is 0 Å². The van der Waals surface area contributed by atoms with Gasteiger partial charge in [0.25, 0.3) is 11.8 Å². The maximum atomic E-state index is 13.4. The summed E-state index contributed by atoms with van der Waals surface area (Å²) in [5.74, 6) is -1.36. The molecule has 0 radical (unpaired) electrons. The van der Waals surface area contributed by atoms with E-state index in [1.807, 2.05) is 0 Å². The Morgan fingerprint density at radius 2 is 1.93 bits per heavy atom. The van der Waals surface area contributed by atoms with Crippen LogP contribution in [0.5, 0.6) is 0 Å². The van der Waals surface area contributed by atoms with Crippen LogP contribution < -0.4 is 10.6 Å². The Labute approximate surface area is 240 Å². The minimum atomic E-state index is -0.561. The number of aromatic nitrogens is 4. The number of ether oxygens (including phenoxy) is 1. The summed E-state index contributed by atoms with van der Waals surface area (Å²) in [6.45, 7) is 3.53. The number of aryl methyl sites for hydroxylation is 3. The average molecular weight is 572 g/mol. The molecule has 3 aromatic rings. The maximum Gasteiger partial charge on any atom is 0.340 e. The largest absolute Gasteiger partial charge is 0.465 e. The number of fused-ring (bicyclic) bond motifs is 1. The summed E-state index contributed by atoms with van der Waals surface area (Å²) in [6.07, 6.45) is 8.56. The Morgan fingerprint density at radius 1 is 1.17 bits per heavy atom. The van der Waals surface area contributed by atoms with Gasteiger partial charge in [0, 0.05) is 80.2 Å². The van der Waals surface area contributed by atoms with Crippen LogP contribution in [-0.2, 0) is 33.8 Å². The number of H-pyrrole nitrogens is 1. The number of amides is 3. The first-order chi connectivity index (χ1) is 19.9. The van der Waals surface area contributed by atoms with Crippen LogP contribution in [0.25, 0.3) is 6.08 Å². The van der Waals surface area contributed by atoms with Gasteiger partial charge in [-0.25, -0.2) is 9.78 Å². The van der Waals surface area contributed by atoms with E-state index in [9.17, 15) is 24.0 Å². The van der Waals surface area contributed by atoms with Gasteiger partial charge in [0.15, 0.2) is 5.82 Å². The number of allylic oxidation sites excluding steroid dienone is 2. The van der Waals surface area contributed by atoms with Crippen LogP contribution in [0.4, 0.5) is 11.5 Å². The number of likely N-dealkylation sites (tertiary alicyclic amines) is 1. The average Bonchev–Trinajstić information content (AvgIpc) is 3.23. The van der Waals surface area contributed by atoms with Crippen molar-refractivity contribution < 1.29 is 28.7 Å². The third kappa shape index (κ3) is 4.07. The predicted molar refractivity (Wildman–Crippen MR) is 151 cm³/mol. The molecule has 1 saturated heterocycles. The zero-order chi connectivity index (χ0) is 30.1. The second-order valence-electron chi connectivity index (χ2n) is 10.9. The van der Waals surface area contributed by atoms with E-state index in [0.717, 1.165) is 6.42 Å². The lowest BCUT2D eigenvalue weighted by Crippen LogP contribution is -2.33. The molecular weight excluding hydrogens is 542 g/mol. The molecular formula is C29H29N7O6. The molecule has 4 heterocycles. The van der Waals surface area contributed by atoms with Crippen LogP contribution >= 0.6 is 0 Å². The molecule has 2 atom stereocenters. The standard InChI is InChI=1S/C29H29N7O6/c1-14-23(28(41)42-5)24-25(30-14)19(38)9-20-29(24)10-16(29)11-36(20)22(39)7-6-18-8-17(12-34(18)3)32-27(40)26-33-21(13-35(26)4)31-15(2)37/h6-9,12-13,16,30H,10-11H2,1-5H3,(H,31,37)(H,32,40). The van der Waals surface area contributed by atoms with Crippen LogP contribution in [0, 0.1) is 12.8 Å². The summed E-state index contributed by atoms with van der Waals surface area (Å²) in [4.78, 5) is 72.0. The van der Waals surface area contributed by atoms with Crippen LogP contribution in [0.2, 0.25) is 0 Å². The maximum absolute atomic E-state index is 13.4. The quantitative estimate of drug-likeness (QED) is 0.302. The van der Waals surface area contributed by atoms with Gasteiger partial charge in [-0.05, 0) is 31.4 Å². The number of rotatable bonds is 6. The molecule has 1 aliphatic heterocycles. The number of nitrogens with one attached hydrogen (secondary N) is 3. The van der Waals surface area contributed by atoms with Crippen molar-refractivity contribution >= 4 is 47.1 Å². The normalized spacial score (nSPS) is 20.1. The Kier molecular flexibility index (Phi) is 6.06. The summed E-state index contributed by atoms with van der Waals surface area (Å²) in [6, 6.07) is 1.71. The predicted octanol–water partition coefficient (Wildman–Crippen LogP) is 2.29. The van der Waals surface area contributed by atoms with E-state index in [2.05, 4.69) is 20.6 Å². The van der Waals surface area contributed by atoms with E-state index >= 15 is 0 Å². The Hall–Kier alpha value is -5.20. The Morgan fingerprint density at radius 3 is 2.64 bits per heavy atom. The zero-order valence-electron chi connectivity index (χ0n) is 23.7. The fourth-order valence-corrected chi connectivity index (χ4v) is 6.25. The van der Waals surface area contributed by atoms with Crippen LogP contribution in [0.15, 0.2) is 36.3 Å². The molecule has 3 aromatic heterocycles. The summed E-state index contributed by atoms with van der Waals surface area (Å²) in [5.41, 5.74) is 3.16. The van der Waals surface area contributed by atoms with E-state index < -0.39 is 17.3 Å². The number of imidazole rings is 1. The first-order valence-corrected chi connectivity index (χ1v) is 13.3. The van der Waals surface area contributed by atoms with Crippen molar-refractivity contribution in [3.63, 3.8) is 0 Å². The molecule has 3 aliphatic rings. The Bertz CT molecular complexity index is 1790. The molecule has 3 N–H and O–H groups in total. The van der Waals surface area contributed by atoms with Crippen molar-refractivity contribution in [1.29, 1.82) is 0 Å². The number of ketones is 1. The van der Waals surface area contributed by atoms with Crippen molar-refractivity contribution in [2.24, 2.45) is 20.0 Å². The zero-order valence-corrected chi connectivity index (χ0v) is 23.7. The van der Waals surface area contributed by atoms with Gasteiger partial charge in [0.05, 0.1) is 24.1 Å². The number of carbonyl (C=O) groups excluding carboxylic acids is 5. The molecule has 0 aromatic carbocycles. The van der Waals surface area contributed by atoms with Crippen molar-refractivity contribution in [2.75, 3.05) is 24.3 Å². The third-order valence-corrected chi connectivity index (χ3v) is 8.14. The molecule has 3 amide bonds. The lowest BCUT2D eigenvalue weighted by molar-refractivity contribution is -0.124. The SMILES string of the molecule is COC(=O)c1c(C)[nH]c2c1C13CC1CN(C(=O)C=Cc1cc(NC(=O)c4nc(NC(C)=O)cn4C)cn1C)C3=CC2=O.